The van der Waals surface area contributed by atoms with Crippen molar-refractivity contribution in [1.82, 2.24) is 4.98 Å². The van der Waals surface area contributed by atoms with E-state index in [1.165, 1.54) is 19.1 Å². The molecular weight excluding hydrogens is 447 g/mol. The van der Waals surface area contributed by atoms with Crippen LogP contribution in [0.1, 0.15) is 0 Å². The van der Waals surface area contributed by atoms with Gasteiger partial charge in [-0.25, -0.2) is 14.6 Å². The zero-order valence-corrected chi connectivity index (χ0v) is 18.0. The molecule has 0 amide bonds. The van der Waals surface area contributed by atoms with Crippen LogP contribution in [0.3, 0.4) is 0 Å². The highest BCUT2D eigenvalue weighted by Crippen LogP contribution is 2.33. The number of methoxy groups -OCH3 is 2. The third kappa shape index (κ3) is 3.97. The summed E-state index contributed by atoms with van der Waals surface area (Å²) in [6, 6.07) is 10.2. The van der Waals surface area contributed by atoms with Gasteiger partial charge in [0.05, 0.1) is 36.4 Å². The first-order valence-corrected chi connectivity index (χ1v) is 9.79. The van der Waals surface area contributed by atoms with E-state index in [9.17, 15) is 9.59 Å². The number of hydrogen-bond donors (Lipinski definition) is 0. The number of carbonyl (C=O) groups is 2. The molecule has 3 aromatic rings. The van der Waals surface area contributed by atoms with Crippen LogP contribution in [-0.2, 0) is 23.8 Å². The van der Waals surface area contributed by atoms with Gasteiger partial charge in [0.1, 0.15) is 17.9 Å². The molecular formula is C21H16Cl2N2O6. The third-order valence-electron chi connectivity index (χ3n) is 4.68. The molecule has 0 fully saturated rings. The van der Waals surface area contributed by atoms with E-state index in [1.54, 1.807) is 36.4 Å². The van der Waals surface area contributed by atoms with Gasteiger partial charge >= 0.3 is 11.9 Å². The van der Waals surface area contributed by atoms with Gasteiger partial charge in [-0.2, -0.15) is 0 Å². The van der Waals surface area contributed by atoms with E-state index < -0.39 is 11.9 Å². The Morgan fingerprint density at radius 2 is 1.81 bits per heavy atom. The number of nitrogens with zero attached hydrogens (tertiary/aromatic N) is 2. The van der Waals surface area contributed by atoms with Crippen LogP contribution < -0.4 is 4.90 Å². The quantitative estimate of drug-likeness (QED) is 0.532. The average molecular weight is 463 g/mol. The van der Waals surface area contributed by atoms with Gasteiger partial charge in [0.2, 0.25) is 5.89 Å². The molecule has 1 aliphatic rings. The summed E-state index contributed by atoms with van der Waals surface area (Å²) >= 11 is 12.1. The van der Waals surface area contributed by atoms with Crippen LogP contribution >= 0.6 is 23.2 Å². The van der Waals surface area contributed by atoms with Crippen LogP contribution in [0, 0.1) is 0 Å². The summed E-state index contributed by atoms with van der Waals surface area (Å²) in [4.78, 5) is 30.6. The standard InChI is InChI=1S/C21H16Cl2N2O6/c1-28-20(26)13-9-30-10-25(18(13)21(27)29-2)12-4-6-17-16(8-12)24-19(31-17)11-3-5-14(22)15(23)7-11/h3-8H,9-10H2,1-2H3. The molecule has 2 aromatic carbocycles. The molecule has 0 bridgehead atoms. The fourth-order valence-corrected chi connectivity index (χ4v) is 3.48. The van der Waals surface area contributed by atoms with Crippen molar-refractivity contribution in [3.05, 3.63) is 57.7 Å². The van der Waals surface area contributed by atoms with E-state index in [0.717, 1.165) is 0 Å². The molecule has 0 atom stereocenters. The Hall–Kier alpha value is -3.07. The minimum absolute atomic E-state index is 0.0356. The molecule has 1 aromatic heterocycles. The number of esters is 2. The van der Waals surface area contributed by atoms with E-state index in [-0.39, 0.29) is 24.6 Å². The van der Waals surface area contributed by atoms with Crippen molar-refractivity contribution in [3.63, 3.8) is 0 Å². The van der Waals surface area contributed by atoms with Crippen molar-refractivity contribution in [2.75, 3.05) is 32.5 Å². The maximum atomic E-state index is 12.5. The lowest BCUT2D eigenvalue weighted by Gasteiger charge is -2.31. The number of aromatic nitrogens is 1. The van der Waals surface area contributed by atoms with E-state index in [4.69, 9.17) is 41.8 Å². The number of fused-ring (bicyclic) bond motifs is 1. The van der Waals surface area contributed by atoms with Crippen LogP contribution in [0.25, 0.3) is 22.6 Å². The molecule has 160 valence electrons. The SMILES string of the molecule is COC(=O)C1=C(C(=O)OC)N(c2ccc3oc(-c4ccc(Cl)c(Cl)c4)nc3c2)COC1. The van der Waals surface area contributed by atoms with Gasteiger partial charge in [0, 0.05) is 11.3 Å². The first-order chi connectivity index (χ1) is 14.9. The highest BCUT2D eigenvalue weighted by Gasteiger charge is 2.32. The highest BCUT2D eigenvalue weighted by molar-refractivity contribution is 6.42. The van der Waals surface area contributed by atoms with Crippen molar-refractivity contribution >= 4 is 51.9 Å². The van der Waals surface area contributed by atoms with E-state index in [0.29, 0.717) is 38.3 Å². The number of oxazole rings is 1. The second kappa shape index (κ2) is 8.58. The normalized spacial score (nSPS) is 14.1. The predicted octanol–water partition coefficient (Wildman–Crippen LogP) is 4.20. The lowest BCUT2D eigenvalue weighted by Crippen LogP contribution is -2.38. The molecule has 31 heavy (non-hydrogen) atoms. The summed E-state index contributed by atoms with van der Waals surface area (Å²) in [6.07, 6.45) is 0. The van der Waals surface area contributed by atoms with E-state index in [2.05, 4.69) is 4.98 Å². The Morgan fingerprint density at radius 1 is 1.03 bits per heavy atom. The minimum atomic E-state index is -0.680. The van der Waals surface area contributed by atoms with Crippen LogP contribution in [0.5, 0.6) is 0 Å². The lowest BCUT2D eigenvalue weighted by molar-refractivity contribution is -0.140. The predicted molar refractivity (Wildman–Crippen MR) is 114 cm³/mol. The number of hydrogen-bond acceptors (Lipinski definition) is 8. The summed E-state index contributed by atoms with van der Waals surface area (Å²) in [5, 5.41) is 0.813. The summed E-state index contributed by atoms with van der Waals surface area (Å²) in [6.45, 7) is -0.0325. The van der Waals surface area contributed by atoms with Crippen LogP contribution in [0.15, 0.2) is 52.1 Å². The number of benzene rings is 2. The third-order valence-corrected chi connectivity index (χ3v) is 5.42. The first-order valence-electron chi connectivity index (χ1n) is 9.04. The van der Waals surface area contributed by atoms with Gasteiger partial charge in [0.15, 0.2) is 5.58 Å². The Morgan fingerprint density at radius 3 is 2.52 bits per heavy atom. The van der Waals surface area contributed by atoms with Gasteiger partial charge in [-0.05, 0) is 36.4 Å². The summed E-state index contributed by atoms with van der Waals surface area (Å²) in [5.41, 5.74) is 2.40. The number of carbonyl (C=O) groups excluding carboxylic acids is 2. The fraction of sp³-hybridized carbons (Fsp3) is 0.190. The number of halogens is 2. The average Bonchev–Trinajstić information content (AvgIpc) is 3.22. The topological polar surface area (TPSA) is 91.1 Å². The summed E-state index contributed by atoms with van der Waals surface area (Å²) < 4.78 is 21.0. The molecule has 1 aliphatic heterocycles. The van der Waals surface area contributed by atoms with Crippen molar-refractivity contribution in [3.8, 4) is 11.5 Å². The maximum Gasteiger partial charge on any atom is 0.355 e. The van der Waals surface area contributed by atoms with Crippen molar-refractivity contribution < 1.29 is 28.2 Å². The molecule has 0 saturated heterocycles. The maximum absolute atomic E-state index is 12.5. The molecule has 10 heteroatoms. The summed E-state index contributed by atoms with van der Waals surface area (Å²) in [5.74, 6) is -0.991. The minimum Gasteiger partial charge on any atom is -0.466 e. The van der Waals surface area contributed by atoms with Gasteiger partial charge in [-0.15, -0.1) is 0 Å². The van der Waals surface area contributed by atoms with Crippen LogP contribution in [-0.4, -0.2) is 44.5 Å². The van der Waals surface area contributed by atoms with Crippen molar-refractivity contribution in [2.45, 2.75) is 0 Å². The Bertz CT molecular complexity index is 1220. The van der Waals surface area contributed by atoms with Crippen LogP contribution in [0.4, 0.5) is 5.69 Å². The molecule has 0 N–H and O–H groups in total. The zero-order valence-electron chi connectivity index (χ0n) is 16.5. The van der Waals surface area contributed by atoms with Crippen molar-refractivity contribution in [1.29, 1.82) is 0 Å². The second-order valence-electron chi connectivity index (χ2n) is 6.52. The van der Waals surface area contributed by atoms with Crippen LogP contribution in [0.2, 0.25) is 10.0 Å². The molecule has 0 spiro atoms. The van der Waals surface area contributed by atoms with Gasteiger partial charge in [-0.1, -0.05) is 23.2 Å². The van der Waals surface area contributed by atoms with Gasteiger partial charge in [0.25, 0.3) is 0 Å². The Balaban J connectivity index is 1.77. The largest absolute Gasteiger partial charge is 0.466 e. The lowest BCUT2D eigenvalue weighted by atomic mass is 10.1. The monoisotopic (exact) mass is 462 g/mol. The number of rotatable bonds is 4. The Labute approximate surface area is 186 Å². The second-order valence-corrected chi connectivity index (χ2v) is 7.33. The molecule has 0 saturated carbocycles. The summed E-state index contributed by atoms with van der Waals surface area (Å²) in [7, 11) is 2.47. The molecule has 0 aliphatic carbocycles. The van der Waals surface area contributed by atoms with Gasteiger partial charge < -0.3 is 23.5 Å². The van der Waals surface area contributed by atoms with Crippen molar-refractivity contribution in [2.24, 2.45) is 0 Å². The highest BCUT2D eigenvalue weighted by atomic mass is 35.5. The Kier molecular flexibility index (Phi) is 5.86. The van der Waals surface area contributed by atoms with E-state index in [1.807, 2.05) is 0 Å². The number of anilines is 1. The first kappa shape index (κ1) is 21.2. The molecule has 0 unspecified atom stereocenters. The van der Waals surface area contributed by atoms with E-state index >= 15 is 0 Å². The molecule has 0 radical (unpaired) electrons. The molecule has 2 heterocycles. The molecule has 8 nitrogen and oxygen atoms in total. The smallest absolute Gasteiger partial charge is 0.355 e. The molecule has 4 rings (SSSR count). The fourth-order valence-electron chi connectivity index (χ4n) is 3.18. The zero-order chi connectivity index (χ0) is 22.1. The number of ether oxygens (including phenoxy) is 3. The van der Waals surface area contributed by atoms with Gasteiger partial charge in [-0.3, -0.25) is 0 Å².